The maximum Gasteiger partial charge on any atom is 0.255 e. The maximum absolute atomic E-state index is 12.4. The predicted octanol–water partition coefficient (Wildman–Crippen LogP) is 6.22. The van der Waals surface area contributed by atoms with Gasteiger partial charge < -0.3 is 9.73 Å². The number of carbonyl (C=O) groups is 1. The second-order valence-electron chi connectivity index (χ2n) is 6.36. The number of aromatic nitrogens is 1. The molecule has 5 heteroatoms. The Labute approximate surface area is 167 Å². The van der Waals surface area contributed by atoms with Crippen LogP contribution in [0.5, 0.6) is 0 Å². The van der Waals surface area contributed by atoms with E-state index < -0.39 is 0 Å². The standard InChI is InChI=1S/C23H17ClN2O2/c1-15-6-2-3-7-18(15)22(27)25-17-12-10-16(11-13-17)23-26-21(14-28-23)19-8-4-5-9-20(19)24/h2-14H,1H3,(H,25,27). The van der Waals surface area contributed by atoms with Gasteiger partial charge in [-0.25, -0.2) is 4.98 Å². The minimum Gasteiger partial charge on any atom is -0.444 e. The van der Waals surface area contributed by atoms with Crippen molar-refractivity contribution in [1.29, 1.82) is 0 Å². The first-order valence-electron chi connectivity index (χ1n) is 8.79. The third kappa shape index (κ3) is 3.68. The van der Waals surface area contributed by atoms with Gasteiger partial charge in [0.2, 0.25) is 5.89 Å². The van der Waals surface area contributed by atoms with Crippen LogP contribution in [0, 0.1) is 6.92 Å². The summed E-state index contributed by atoms with van der Waals surface area (Å²) in [6.07, 6.45) is 1.59. The van der Waals surface area contributed by atoms with Crippen molar-refractivity contribution in [1.82, 2.24) is 4.98 Å². The molecule has 1 amide bonds. The molecule has 0 bridgehead atoms. The molecule has 4 aromatic rings. The van der Waals surface area contributed by atoms with E-state index in [4.69, 9.17) is 16.0 Å². The molecule has 0 unspecified atom stereocenters. The van der Waals surface area contributed by atoms with Gasteiger partial charge in [0, 0.05) is 22.4 Å². The van der Waals surface area contributed by atoms with E-state index in [-0.39, 0.29) is 5.91 Å². The summed E-state index contributed by atoms with van der Waals surface area (Å²) in [6, 6.07) is 22.3. The third-order valence-corrected chi connectivity index (χ3v) is 4.76. The van der Waals surface area contributed by atoms with Gasteiger partial charge in [-0.3, -0.25) is 4.79 Å². The number of rotatable bonds is 4. The van der Waals surface area contributed by atoms with Crippen LogP contribution in [0.3, 0.4) is 0 Å². The molecule has 28 heavy (non-hydrogen) atoms. The van der Waals surface area contributed by atoms with Crippen molar-refractivity contribution in [2.45, 2.75) is 6.92 Å². The molecule has 0 saturated carbocycles. The summed E-state index contributed by atoms with van der Waals surface area (Å²) < 4.78 is 5.61. The molecule has 4 nitrogen and oxygen atoms in total. The predicted molar refractivity (Wildman–Crippen MR) is 112 cm³/mol. The van der Waals surface area contributed by atoms with Crippen molar-refractivity contribution < 1.29 is 9.21 Å². The third-order valence-electron chi connectivity index (χ3n) is 4.43. The summed E-state index contributed by atoms with van der Waals surface area (Å²) in [4.78, 5) is 17.0. The Balaban J connectivity index is 1.52. The molecule has 0 radical (unpaired) electrons. The molecular weight excluding hydrogens is 372 g/mol. The highest BCUT2D eigenvalue weighted by Gasteiger charge is 2.12. The number of nitrogens with one attached hydrogen (secondary N) is 1. The van der Waals surface area contributed by atoms with Crippen LogP contribution in [0.4, 0.5) is 5.69 Å². The first-order valence-corrected chi connectivity index (χ1v) is 9.17. The van der Waals surface area contributed by atoms with Crippen LogP contribution in [0.25, 0.3) is 22.7 Å². The quantitative estimate of drug-likeness (QED) is 0.451. The van der Waals surface area contributed by atoms with Gasteiger partial charge >= 0.3 is 0 Å². The molecule has 0 atom stereocenters. The minimum atomic E-state index is -0.136. The molecule has 4 rings (SSSR count). The lowest BCUT2D eigenvalue weighted by molar-refractivity contribution is 0.102. The fourth-order valence-corrected chi connectivity index (χ4v) is 3.15. The monoisotopic (exact) mass is 388 g/mol. The fourth-order valence-electron chi connectivity index (χ4n) is 2.92. The topological polar surface area (TPSA) is 55.1 Å². The minimum absolute atomic E-state index is 0.136. The van der Waals surface area contributed by atoms with Crippen molar-refractivity contribution in [3.05, 3.63) is 95.2 Å². The van der Waals surface area contributed by atoms with Crippen LogP contribution in [0.15, 0.2) is 83.5 Å². The highest BCUT2D eigenvalue weighted by Crippen LogP contribution is 2.30. The van der Waals surface area contributed by atoms with Crippen LogP contribution in [0.2, 0.25) is 5.02 Å². The van der Waals surface area contributed by atoms with E-state index >= 15 is 0 Å². The smallest absolute Gasteiger partial charge is 0.255 e. The van der Waals surface area contributed by atoms with Gasteiger partial charge in [-0.2, -0.15) is 0 Å². The van der Waals surface area contributed by atoms with Gasteiger partial charge in [-0.15, -0.1) is 0 Å². The molecule has 1 aromatic heterocycles. The van der Waals surface area contributed by atoms with Crippen LogP contribution in [-0.2, 0) is 0 Å². The first kappa shape index (κ1) is 18.0. The Hall–Kier alpha value is -3.37. The number of anilines is 1. The van der Waals surface area contributed by atoms with E-state index in [1.165, 1.54) is 0 Å². The maximum atomic E-state index is 12.4. The summed E-state index contributed by atoms with van der Waals surface area (Å²) in [5.74, 6) is 0.356. The van der Waals surface area contributed by atoms with Crippen molar-refractivity contribution in [2.75, 3.05) is 5.32 Å². The second kappa shape index (κ2) is 7.71. The Morgan fingerprint density at radius 3 is 2.43 bits per heavy atom. The van der Waals surface area contributed by atoms with Gasteiger partial charge in [-0.05, 0) is 48.9 Å². The summed E-state index contributed by atoms with van der Waals surface area (Å²) in [5, 5.41) is 3.53. The molecule has 138 valence electrons. The summed E-state index contributed by atoms with van der Waals surface area (Å²) in [6.45, 7) is 1.91. The molecule has 0 aliphatic carbocycles. The first-order chi connectivity index (χ1) is 13.6. The van der Waals surface area contributed by atoms with Gasteiger partial charge in [0.05, 0.1) is 5.02 Å². The number of amides is 1. The molecule has 0 fully saturated rings. The second-order valence-corrected chi connectivity index (χ2v) is 6.77. The van der Waals surface area contributed by atoms with Crippen LogP contribution in [-0.4, -0.2) is 10.9 Å². The van der Waals surface area contributed by atoms with Gasteiger partial charge in [-0.1, -0.05) is 48.0 Å². The van der Waals surface area contributed by atoms with E-state index in [1.54, 1.807) is 6.26 Å². The number of oxazole rings is 1. The molecule has 3 aromatic carbocycles. The Morgan fingerprint density at radius 1 is 0.964 bits per heavy atom. The van der Waals surface area contributed by atoms with E-state index in [0.29, 0.717) is 27.9 Å². The van der Waals surface area contributed by atoms with Crippen LogP contribution < -0.4 is 5.32 Å². The lowest BCUT2D eigenvalue weighted by Crippen LogP contribution is -2.13. The number of nitrogens with zero attached hydrogens (tertiary/aromatic N) is 1. The number of aryl methyl sites for hydroxylation is 1. The van der Waals surface area contributed by atoms with Crippen molar-refractivity contribution >= 4 is 23.2 Å². The Morgan fingerprint density at radius 2 is 1.68 bits per heavy atom. The van der Waals surface area contributed by atoms with E-state index in [9.17, 15) is 4.79 Å². The lowest BCUT2D eigenvalue weighted by atomic mass is 10.1. The Kier molecular flexibility index (Phi) is 4.96. The van der Waals surface area contributed by atoms with Crippen LogP contribution in [0.1, 0.15) is 15.9 Å². The normalized spacial score (nSPS) is 10.6. The zero-order valence-electron chi connectivity index (χ0n) is 15.1. The SMILES string of the molecule is Cc1ccccc1C(=O)Nc1ccc(-c2nc(-c3ccccc3Cl)co2)cc1. The Bertz CT molecular complexity index is 1130. The highest BCUT2D eigenvalue weighted by molar-refractivity contribution is 6.33. The van der Waals surface area contributed by atoms with E-state index in [2.05, 4.69) is 10.3 Å². The largest absolute Gasteiger partial charge is 0.444 e. The number of halogens is 1. The summed E-state index contributed by atoms with van der Waals surface area (Å²) in [5.41, 5.74) is 4.60. The van der Waals surface area contributed by atoms with E-state index in [0.717, 1.165) is 16.7 Å². The van der Waals surface area contributed by atoms with E-state index in [1.807, 2.05) is 79.7 Å². The number of carbonyl (C=O) groups excluding carboxylic acids is 1. The van der Waals surface area contributed by atoms with Crippen molar-refractivity contribution in [3.63, 3.8) is 0 Å². The zero-order valence-corrected chi connectivity index (χ0v) is 15.9. The molecule has 0 spiro atoms. The molecule has 1 heterocycles. The van der Waals surface area contributed by atoms with Crippen molar-refractivity contribution in [3.8, 4) is 22.7 Å². The fraction of sp³-hybridized carbons (Fsp3) is 0.0435. The molecule has 0 saturated heterocycles. The highest BCUT2D eigenvalue weighted by atomic mass is 35.5. The number of benzene rings is 3. The van der Waals surface area contributed by atoms with Gasteiger partial charge in [0.1, 0.15) is 12.0 Å². The summed E-state index contributed by atoms with van der Waals surface area (Å²) >= 11 is 6.22. The average Bonchev–Trinajstić information content (AvgIpc) is 3.19. The zero-order chi connectivity index (χ0) is 19.5. The van der Waals surface area contributed by atoms with Gasteiger partial charge in [0.25, 0.3) is 5.91 Å². The van der Waals surface area contributed by atoms with Crippen LogP contribution >= 0.6 is 11.6 Å². The van der Waals surface area contributed by atoms with Crippen molar-refractivity contribution in [2.24, 2.45) is 0 Å². The summed E-state index contributed by atoms with van der Waals surface area (Å²) in [7, 11) is 0. The molecular formula is C23H17ClN2O2. The molecule has 0 aliphatic rings. The van der Waals surface area contributed by atoms with Gasteiger partial charge in [0.15, 0.2) is 0 Å². The average molecular weight is 389 g/mol. The number of hydrogen-bond donors (Lipinski definition) is 1. The molecule has 0 aliphatic heterocycles. The molecule has 1 N–H and O–H groups in total. The number of hydrogen-bond acceptors (Lipinski definition) is 3. The lowest BCUT2D eigenvalue weighted by Gasteiger charge is -2.07.